The topological polar surface area (TPSA) is 162 Å². The zero-order valence-corrected chi connectivity index (χ0v) is 23.4. The first-order valence-corrected chi connectivity index (χ1v) is 14.6. The number of hydrogen-bond acceptors (Lipinski definition) is 6. The third kappa shape index (κ3) is 7.20. The molecule has 1 aromatic heterocycles. The van der Waals surface area contributed by atoms with Crippen LogP contribution < -0.4 is 21.3 Å². The van der Waals surface area contributed by atoms with E-state index < -0.39 is 41.5 Å². The first kappa shape index (κ1) is 29.0. The maximum Gasteiger partial charge on any atom is 0.289 e. The molecule has 11 heteroatoms. The predicted molar refractivity (Wildman–Crippen MR) is 155 cm³/mol. The first-order chi connectivity index (χ1) is 20.4. The largest absolute Gasteiger partial charge is 0.356 e. The normalized spacial score (nSPS) is 18.6. The Hall–Kier alpha value is -4.54. The summed E-state index contributed by atoms with van der Waals surface area (Å²) in [7, 11) is 0. The SMILES string of the molecule is O=C(NC1CCCCC1)C(=O)C(C[C@@H]1CCNC1=O)NC(=O)[C@H](Cc1ccccc1)NC(=O)c1nc2ccccc2[nH]1. The minimum atomic E-state index is -1.23. The summed E-state index contributed by atoms with van der Waals surface area (Å²) in [4.78, 5) is 73.0. The lowest BCUT2D eigenvalue weighted by molar-refractivity contribution is -0.141. The fourth-order valence-electron chi connectivity index (χ4n) is 5.67. The molecule has 5 rings (SSSR count). The highest BCUT2D eigenvalue weighted by atomic mass is 16.2. The van der Waals surface area contributed by atoms with E-state index in [0.29, 0.717) is 24.0 Å². The first-order valence-electron chi connectivity index (χ1n) is 14.6. The van der Waals surface area contributed by atoms with Crippen molar-refractivity contribution in [3.63, 3.8) is 0 Å². The van der Waals surface area contributed by atoms with Crippen molar-refractivity contribution in [2.75, 3.05) is 6.54 Å². The molecule has 2 heterocycles. The molecule has 2 aromatic carbocycles. The molecular formula is C31H36N6O5. The second-order valence-electron chi connectivity index (χ2n) is 11.1. The monoisotopic (exact) mass is 572 g/mol. The molecule has 1 saturated carbocycles. The maximum atomic E-state index is 13.7. The van der Waals surface area contributed by atoms with E-state index in [1.54, 1.807) is 12.1 Å². The summed E-state index contributed by atoms with van der Waals surface area (Å²) < 4.78 is 0. The smallest absolute Gasteiger partial charge is 0.289 e. The molecule has 1 unspecified atom stereocenters. The Morgan fingerprint density at radius 2 is 1.62 bits per heavy atom. The predicted octanol–water partition coefficient (Wildman–Crippen LogP) is 1.93. The molecule has 3 atom stereocenters. The van der Waals surface area contributed by atoms with E-state index in [1.807, 2.05) is 42.5 Å². The summed E-state index contributed by atoms with van der Waals surface area (Å²) in [5.74, 6) is -3.47. The van der Waals surface area contributed by atoms with Crippen molar-refractivity contribution < 1.29 is 24.0 Å². The second-order valence-corrected chi connectivity index (χ2v) is 11.1. The molecule has 11 nitrogen and oxygen atoms in total. The third-order valence-electron chi connectivity index (χ3n) is 7.99. The molecule has 2 aliphatic rings. The minimum Gasteiger partial charge on any atom is -0.356 e. The van der Waals surface area contributed by atoms with Gasteiger partial charge < -0.3 is 26.3 Å². The Labute approximate surface area is 243 Å². The van der Waals surface area contributed by atoms with Gasteiger partial charge in [-0.2, -0.15) is 0 Å². The van der Waals surface area contributed by atoms with Crippen molar-refractivity contribution in [1.82, 2.24) is 31.2 Å². The Bertz CT molecular complexity index is 1420. The number of nitrogens with zero attached hydrogens (tertiary/aromatic N) is 1. The highest BCUT2D eigenvalue weighted by Crippen LogP contribution is 2.19. The van der Waals surface area contributed by atoms with E-state index in [-0.39, 0.29) is 30.6 Å². The summed E-state index contributed by atoms with van der Waals surface area (Å²) in [5.41, 5.74) is 2.07. The lowest BCUT2D eigenvalue weighted by atomic mass is 9.93. The van der Waals surface area contributed by atoms with Crippen molar-refractivity contribution in [2.45, 2.75) is 69.5 Å². The number of Topliss-reactive ketones (excluding diaryl/α,β-unsaturated/α-hetero) is 1. The number of fused-ring (bicyclic) bond motifs is 1. The molecule has 1 aliphatic carbocycles. The van der Waals surface area contributed by atoms with Gasteiger partial charge in [0.25, 0.3) is 11.8 Å². The van der Waals surface area contributed by atoms with Gasteiger partial charge in [0, 0.05) is 24.9 Å². The highest BCUT2D eigenvalue weighted by Gasteiger charge is 2.36. The van der Waals surface area contributed by atoms with Crippen LogP contribution in [0.5, 0.6) is 0 Å². The number of rotatable bonds is 11. The van der Waals surface area contributed by atoms with Crippen LogP contribution in [0.15, 0.2) is 54.6 Å². The molecule has 2 fully saturated rings. The molecule has 1 saturated heterocycles. The van der Waals surface area contributed by atoms with Crippen LogP contribution in [-0.2, 0) is 25.6 Å². The van der Waals surface area contributed by atoms with Gasteiger partial charge in [-0.1, -0.05) is 61.7 Å². The number of hydrogen-bond donors (Lipinski definition) is 5. The lowest BCUT2D eigenvalue weighted by Crippen LogP contribution is -2.56. The number of aromatic nitrogens is 2. The molecule has 0 spiro atoms. The summed E-state index contributed by atoms with van der Waals surface area (Å²) in [6.07, 6.45) is 5.28. The number of para-hydroxylation sites is 2. The van der Waals surface area contributed by atoms with Gasteiger partial charge in [-0.3, -0.25) is 24.0 Å². The van der Waals surface area contributed by atoms with E-state index in [1.165, 1.54) is 0 Å². The average molecular weight is 573 g/mol. The van der Waals surface area contributed by atoms with Crippen LogP contribution in [-0.4, -0.2) is 64.1 Å². The van der Waals surface area contributed by atoms with Crippen LogP contribution in [0.2, 0.25) is 0 Å². The van der Waals surface area contributed by atoms with Crippen LogP contribution in [0, 0.1) is 5.92 Å². The van der Waals surface area contributed by atoms with Crippen molar-refractivity contribution in [1.29, 1.82) is 0 Å². The molecule has 42 heavy (non-hydrogen) atoms. The number of carbonyl (C=O) groups is 5. The summed E-state index contributed by atoms with van der Waals surface area (Å²) in [6, 6.07) is 14.0. The Balaban J connectivity index is 1.34. The molecule has 0 radical (unpaired) electrons. The van der Waals surface area contributed by atoms with Crippen LogP contribution in [0.3, 0.4) is 0 Å². The van der Waals surface area contributed by atoms with E-state index in [9.17, 15) is 24.0 Å². The van der Waals surface area contributed by atoms with Crippen molar-refractivity contribution in [2.24, 2.45) is 5.92 Å². The number of nitrogens with one attached hydrogen (secondary N) is 5. The second kappa shape index (κ2) is 13.4. The fraction of sp³-hybridized carbons (Fsp3) is 0.419. The van der Waals surface area contributed by atoms with Gasteiger partial charge in [-0.05, 0) is 43.4 Å². The van der Waals surface area contributed by atoms with Gasteiger partial charge in [0.05, 0.1) is 17.1 Å². The quantitative estimate of drug-likeness (QED) is 0.221. The summed E-state index contributed by atoms with van der Waals surface area (Å²) >= 11 is 0. The Morgan fingerprint density at radius 1 is 0.881 bits per heavy atom. The van der Waals surface area contributed by atoms with Crippen molar-refractivity contribution in [3.8, 4) is 0 Å². The van der Waals surface area contributed by atoms with Gasteiger partial charge in [-0.25, -0.2) is 4.98 Å². The van der Waals surface area contributed by atoms with Gasteiger partial charge in [-0.15, -0.1) is 0 Å². The van der Waals surface area contributed by atoms with Gasteiger partial charge in [0.1, 0.15) is 6.04 Å². The molecule has 5 N–H and O–H groups in total. The van der Waals surface area contributed by atoms with Crippen LogP contribution in [0.4, 0.5) is 0 Å². The molecular weight excluding hydrogens is 536 g/mol. The van der Waals surface area contributed by atoms with Gasteiger partial charge >= 0.3 is 0 Å². The number of H-pyrrole nitrogens is 1. The summed E-state index contributed by atoms with van der Waals surface area (Å²) in [6.45, 7) is 0.469. The lowest BCUT2D eigenvalue weighted by Gasteiger charge is -2.26. The van der Waals surface area contributed by atoms with Gasteiger partial charge in [0.15, 0.2) is 5.82 Å². The Kier molecular flexibility index (Phi) is 9.25. The number of amides is 4. The maximum absolute atomic E-state index is 13.7. The van der Waals surface area contributed by atoms with Crippen LogP contribution in [0.25, 0.3) is 11.0 Å². The fourth-order valence-corrected chi connectivity index (χ4v) is 5.67. The Morgan fingerprint density at radius 3 is 2.33 bits per heavy atom. The van der Waals surface area contributed by atoms with E-state index >= 15 is 0 Å². The molecule has 220 valence electrons. The molecule has 3 aromatic rings. The van der Waals surface area contributed by atoms with Crippen LogP contribution >= 0.6 is 0 Å². The molecule has 4 amide bonds. The minimum absolute atomic E-state index is 0.00985. The molecule has 1 aliphatic heterocycles. The number of imidazole rings is 1. The number of aromatic amines is 1. The number of ketones is 1. The third-order valence-corrected chi connectivity index (χ3v) is 7.99. The van der Waals surface area contributed by atoms with Gasteiger partial charge in [0.2, 0.25) is 17.6 Å². The van der Waals surface area contributed by atoms with E-state index in [0.717, 1.165) is 37.7 Å². The number of carbonyl (C=O) groups excluding carboxylic acids is 5. The summed E-state index contributed by atoms with van der Waals surface area (Å²) in [5, 5.41) is 11.0. The van der Waals surface area contributed by atoms with Crippen LogP contribution in [0.1, 0.15) is 61.1 Å². The standard InChI is InChI=1S/C31H36N6O5/c38-26(30(41)33-21-11-5-2-6-12-21)24(18-20-15-16-32-28(20)39)36-29(40)25(17-19-9-3-1-4-10-19)37-31(42)27-34-22-13-7-8-14-23(22)35-27/h1,3-4,7-10,13-14,20-21,24-25H,2,5-6,11-12,15-18H2,(H,32,39)(H,33,41)(H,34,35)(H,36,40)(H,37,42)/t20-,24?,25-/m0/s1. The zero-order chi connectivity index (χ0) is 29.5. The highest BCUT2D eigenvalue weighted by molar-refractivity contribution is 6.38. The van der Waals surface area contributed by atoms with E-state index in [2.05, 4.69) is 31.2 Å². The van der Waals surface area contributed by atoms with Crippen molar-refractivity contribution in [3.05, 3.63) is 66.0 Å². The van der Waals surface area contributed by atoms with Crippen molar-refractivity contribution >= 4 is 40.4 Å². The van der Waals surface area contributed by atoms with E-state index in [4.69, 9.17) is 0 Å². The molecule has 0 bridgehead atoms. The average Bonchev–Trinajstić information content (AvgIpc) is 3.63. The zero-order valence-electron chi connectivity index (χ0n) is 23.4. The number of benzene rings is 2.